The van der Waals surface area contributed by atoms with Gasteiger partial charge in [-0.1, -0.05) is 37.5 Å². The van der Waals surface area contributed by atoms with E-state index in [-0.39, 0.29) is 5.56 Å². The molecule has 0 unspecified atom stereocenters. The predicted molar refractivity (Wildman–Crippen MR) is 82.6 cm³/mol. The molecule has 0 aliphatic heterocycles. The highest BCUT2D eigenvalue weighted by Crippen LogP contribution is 2.10. The highest BCUT2D eigenvalue weighted by atomic mass is 32.1. The fourth-order valence-corrected chi connectivity index (χ4v) is 2.47. The first-order valence-corrected chi connectivity index (χ1v) is 7.40. The van der Waals surface area contributed by atoms with E-state index in [0.29, 0.717) is 6.54 Å². The fourth-order valence-electron chi connectivity index (χ4n) is 1.75. The number of hydrogen-bond donors (Lipinski definition) is 0. The van der Waals surface area contributed by atoms with Gasteiger partial charge in [0.2, 0.25) is 0 Å². The van der Waals surface area contributed by atoms with Crippen molar-refractivity contribution in [2.24, 2.45) is 0 Å². The van der Waals surface area contributed by atoms with Crippen LogP contribution in [0.4, 0.5) is 0 Å². The maximum Gasteiger partial charge on any atom is 0.260 e. The van der Waals surface area contributed by atoms with Crippen LogP contribution in [-0.4, -0.2) is 13.7 Å². The van der Waals surface area contributed by atoms with Crippen LogP contribution in [-0.2, 0) is 6.54 Å². The van der Waals surface area contributed by atoms with E-state index in [9.17, 15) is 4.79 Å². The summed E-state index contributed by atoms with van der Waals surface area (Å²) in [4.78, 5) is 11.4. The van der Waals surface area contributed by atoms with Gasteiger partial charge in [-0.25, -0.2) is 4.68 Å². The first kappa shape index (κ1) is 14.3. The van der Waals surface area contributed by atoms with Crippen LogP contribution in [0.25, 0.3) is 5.69 Å². The molecule has 0 amide bonds. The lowest BCUT2D eigenvalue weighted by Gasteiger charge is -2.04. The number of rotatable bonds is 3. The summed E-state index contributed by atoms with van der Waals surface area (Å²) in [6.07, 6.45) is 3.65. The Morgan fingerprint density at radius 2 is 1.90 bits per heavy atom. The first-order valence-electron chi connectivity index (χ1n) is 6.57. The van der Waals surface area contributed by atoms with Gasteiger partial charge >= 0.3 is 0 Å². The highest BCUT2D eigenvalue weighted by molar-refractivity contribution is 7.04. The van der Waals surface area contributed by atoms with E-state index in [4.69, 9.17) is 0 Å². The highest BCUT2D eigenvalue weighted by Gasteiger charge is 2.00. The minimum Gasteiger partial charge on any atom is -0.268 e. The quantitative estimate of drug-likeness (QED) is 0.742. The monoisotopic (exact) mass is 287 g/mol. The Kier molecular flexibility index (Phi) is 4.90. The molecular weight excluding hydrogens is 270 g/mol. The summed E-state index contributed by atoms with van der Waals surface area (Å²) in [5.74, 6) is 0. The molecule has 2 heterocycles. The molecule has 20 heavy (non-hydrogen) atoms. The van der Waals surface area contributed by atoms with Gasteiger partial charge < -0.3 is 0 Å². The van der Waals surface area contributed by atoms with Gasteiger partial charge in [-0.05, 0) is 23.8 Å². The average Bonchev–Trinajstić information content (AvgIpc) is 3.15. The summed E-state index contributed by atoms with van der Waals surface area (Å²) in [5.41, 5.74) is 2.17. The normalized spacial score (nSPS) is 9.90. The zero-order chi connectivity index (χ0) is 14.4. The van der Waals surface area contributed by atoms with Crippen molar-refractivity contribution in [3.05, 3.63) is 70.1 Å². The van der Waals surface area contributed by atoms with E-state index in [1.165, 1.54) is 11.5 Å². The Morgan fingerprint density at radius 1 is 1.15 bits per heavy atom. The maximum atomic E-state index is 11.4. The minimum atomic E-state index is 0.0520. The number of nitrogens with zero attached hydrogens (tertiary/aromatic N) is 3. The molecule has 0 fully saturated rings. The van der Waals surface area contributed by atoms with E-state index >= 15 is 0 Å². The van der Waals surface area contributed by atoms with Crippen LogP contribution in [0.3, 0.4) is 0 Å². The Bertz CT molecular complexity index is 680. The molecular formula is C15H17N3OS. The summed E-state index contributed by atoms with van der Waals surface area (Å²) < 4.78 is 3.53. The van der Waals surface area contributed by atoms with Gasteiger partial charge in [0, 0.05) is 23.8 Å². The molecule has 0 N–H and O–H groups in total. The fraction of sp³-hybridized carbons (Fsp3) is 0.200. The Labute approximate surface area is 122 Å². The second-order valence-corrected chi connectivity index (χ2v) is 4.82. The Balaban J connectivity index is 0.000000704. The molecule has 104 valence electrons. The summed E-state index contributed by atoms with van der Waals surface area (Å²) >= 11 is 1.43. The van der Waals surface area contributed by atoms with E-state index in [1.807, 2.05) is 50.4 Å². The molecule has 0 saturated carbocycles. The molecule has 0 aliphatic carbocycles. The lowest BCUT2D eigenvalue weighted by atomic mass is 10.2. The van der Waals surface area contributed by atoms with E-state index in [2.05, 4.69) is 5.10 Å². The van der Waals surface area contributed by atoms with Gasteiger partial charge in [0.05, 0.1) is 12.2 Å². The molecule has 0 aliphatic rings. The first-order chi connectivity index (χ1) is 9.83. The van der Waals surface area contributed by atoms with E-state index in [0.717, 1.165) is 11.3 Å². The molecule has 5 heteroatoms. The SMILES string of the molecule is CC.O=c1ccsn1Cc1ccc(-n2cccn2)cc1. The number of benzene rings is 1. The molecule has 0 saturated heterocycles. The van der Waals surface area contributed by atoms with Crippen molar-refractivity contribution in [2.45, 2.75) is 20.4 Å². The van der Waals surface area contributed by atoms with Gasteiger partial charge in [0.25, 0.3) is 5.56 Å². The molecule has 0 radical (unpaired) electrons. The smallest absolute Gasteiger partial charge is 0.260 e. The van der Waals surface area contributed by atoms with Crippen LogP contribution < -0.4 is 5.56 Å². The molecule has 1 aromatic carbocycles. The lowest BCUT2D eigenvalue weighted by molar-refractivity contribution is 0.843. The van der Waals surface area contributed by atoms with Crippen LogP contribution in [0.1, 0.15) is 19.4 Å². The van der Waals surface area contributed by atoms with Gasteiger partial charge in [-0.3, -0.25) is 8.75 Å². The van der Waals surface area contributed by atoms with Crippen LogP contribution in [0, 0.1) is 0 Å². The largest absolute Gasteiger partial charge is 0.268 e. The van der Waals surface area contributed by atoms with Crippen molar-refractivity contribution < 1.29 is 0 Å². The van der Waals surface area contributed by atoms with E-state index < -0.39 is 0 Å². The zero-order valence-electron chi connectivity index (χ0n) is 11.6. The Hall–Kier alpha value is -2.14. The molecule has 0 spiro atoms. The average molecular weight is 287 g/mol. The van der Waals surface area contributed by atoms with Crippen molar-refractivity contribution in [1.29, 1.82) is 0 Å². The predicted octanol–water partition coefficient (Wildman–Crippen LogP) is 3.17. The van der Waals surface area contributed by atoms with Crippen LogP contribution >= 0.6 is 11.5 Å². The maximum absolute atomic E-state index is 11.4. The van der Waals surface area contributed by atoms with Crippen molar-refractivity contribution in [3.63, 3.8) is 0 Å². The Morgan fingerprint density at radius 3 is 2.45 bits per heavy atom. The van der Waals surface area contributed by atoms with Crippen LogP contribution in [0.15, 0.2) is 59.0 Å². The van der Waals surface area contributed by atoms with Gasteiger partial charge in [0.1, 0.15) is 0 Å². The third-order valence-electron chi connectivity index (χ3n) is 2.68. The van der Waals surface area contributed by atoms with Crippen molar-refractivity contribution in [2.75, 3.05) is 0 Å². The number of aromatic nitrogens is 3. The third kappa shape index (κ3) is 3.24. The zero-order valence-corrected chi connectivity index (χ0v) is 12.4. The van der Waals surface area contributed by atoms with Crippen LogP contribution in [0.2, 0.25) is 0 Å². The van der Waals surface area contributed by atoms with Gasteiger partial charge in [0.15, 0.2) is 0 Å². The second kappa shape index (κ2) is 6.86. The summed E-state index contributed by atoms with van der Waals surface area (Å²) in [6.45, 7) is 4.62. The number of hydrogen-bond acceptors (Lipinski definition) is 3. The van der Waals surface area contributed by atoms with Crippen molar-refractivity contribution in [1.82, 2.24) is 13.7 Å². The summed E-state index contributed by atoms with van der Waals surface area (Å²) in [6, 6.07) is 11.5. The minimum absolute atomic E-state index is 0.0520. The van der Waals surface area contributed by atoms with E-state index in [1.54, 1.807) is 26.3 Å². The van der Waals surface area contributed by atoms with Gasteiger partial charge in [-0.2, -0.15) is 5.10 Å². The second-order valence-electron chi connectivity index (χ2n) is 3.90. The molecule has 3 rings (SSSR count). The molecule has 0 bridgehead atoms. The lowest BCUT2D eigenvalue weighted by Crippen LogP contribution is -2.12. The molecule has 4 nitrogen and oxygen atoms in total. The summed E-state index contributed by atoms with van der Waals surface area (Å²) in [7, 11) is 0. The van der Waals surface area contributed by atoms with Crippen LogP contribution in [0.5, 0.6) is 0 Å². The topological polar surface area (TPSA) is 39.8 Å². The molecule has 2 aromatic heterocycles. The third-order valence-corrected chi connectivity index (χ3v) is 3.50. The van der Waals surface area contributed by atoms with Crippen molar-refractivity contribution >= 4 is 11.5 Å². The standard InChI is InChI=1S/C13H11N3OS.C2H6/c17-13-6-9-18-16(13)10-11-2-4-12(5-3-11)15-8-1-7-14-15;1-2/h1-9H,10H2;1-2H3. The summed E-state index contributed by atoms with van der Waals surface area (Å²) in [5, 5.41) is 5.98. The van der Waals surface area contributed by atoms with Gasteiger partial charge in [-0.15, -0.1) is 0 Å². The molecule has 3 aromatic rings. The molecule has 0 atom stereocenters. The van der Waals surface area contributed by atoms with Crippen molar-refractivity contribution in [3.8, 4) is 5.69 Å².